The fourth-order valence-electron chi connectivity index (χ4n) is 2.25. The quantitative estimate of drug-likeness (QED) is 0.488. The van der Waals surface area contributed by atoms with Gasteiger partial charge < -0.3 is 10.3 Å². The molecule has 0 spiro atoms. The molecule has 124 valence electrons. The van der Waals surface area contributed by atoms with Gasteiger partial charge in [0.15, 0.2) is 0 Å². The van der Waals surface area contributed by atoms with Gasteiger partial charge in [0.2, 0.25) is 0 Å². The van der Waals surface area contributed by atoms with Crippen LogP contribution in [0.4, 0.5) is 0 Å². The summed E-state index contributed by atoms with van der Waals surface area (Å²) >= 11 is 0. The summed E-state index contributed by atoms with van der Waals surface area (Å²) in [6, 6.07) is 7.86. The van der Waals surface area contributed by atoms with Gasteiger partial charge in [0.05, 0.1) is 5.37 Å². The monoisotopic (exact) mass is 349 g/mol. The molecule has 0 bridgehead atoms. The van der Waals surface area contributed by atoms with Gasteiger partial charge in [-0.25, -0.2) is 8.42 Å². The molecule has 2 N–H and O–H groups in total. The largest absolute Gasteiger partial charge is 1.00 e. The third-order valence-corrected chi connectivity index (χ3v) is 4.63. The summed E-state index contributed by atoms with van der Waals surface area (Å²) in [4.78, 5) is 12.1. The smallest absolute Gasteiger partial charge is 0.747 e. The first kappa shape index (κ1) is 22.8. The minimum Gasteiger partial charge on any atom is -0.747 e. The zero-order valence-electron chi connectivity index (χ0n) is 14.3. The second-order valence-corrected chi connectivity index (χ2v) is 7.69. The molecule has 0 aliphatic rings. The standard InChI is InChI=1S/C16H25NO4S.Na/c1-11(2)10-13-4-6-14(7-5-13)12(3)15(18)8-9-16(17)22(19,20)21;/h4-7,11-12,16H,8-10,17H2,1-3H3,(H,19,20,21);/q;+1/p-1. The summed E-state index contributed by atoms with van der Waals surface area (Å²) in [5, 5.41) is -1.52. The molecule has 0 aromatic heterocycles. The van der Waals surface area contributed by atoms with Crippen molar-refractivity contribution in [3.63, 3.8) is 0 Å². The molecule has 0 heterocycles. The van der Waals surface area contributed by atoms with Crippen molar-refractivity contribution in [2.45, 2.75) is 51.3 Å². The van der Waals surface area contributed by atoms with Crippen molar-refractivity contribution < 1.29 is 47.3 Å². The summed E-state index contributed by atoms with van der Waals surface area (Å²) in [6.45, 7) is 6.07. The Labute approximate surface area is 161 Å². The Bertz CT molecular complexity index is 599. The van der Waals surface area contributed by atoms with E-state index in [-0.39, 0.29) is 54.1 Å². The van der Waals surface area contributed by atoms with Gasteiger partial charge in [0.25, 0.3) is 0 Å². The first-order valence-corrected chi connectivity index (χ1v) is 8.90. The maximum absolute atomic E-state index is 12.1. The molecule has 2 atom stereocenters. The van der Waals surface area contributed by atoms with Crippen molar-refractivity contribution >= 4 is 15.9 Å². The number of ketones is 1. The zero-order valence-corrected chi connectivity index (χ0v) is 17.1. The predicted molar refractivity (Wildman–Crippen MR) is 85.3 cm³/mol. The van der Waals surface area contributed by atoms with Crippen LogP contribution < -0.4 is 35.3 Å². The van der Waals surface area contributed by atoms with Crippen molar-refractivity contribution in [2.24, 2.45) is 11.7 Å². The van der Waals surface area contributed by atoms with Gasteiger partial charge >= 0.3 is 29.6 Å². The second kappa shape index (κ2) is 9.91. The van der Waals surface area contributed by atoms with E-state index in [0.29, 0.717) is 5.92 Å². The van der Waals surface area contributed by atoms with Gasteiger partial charge in [-0.15, -0.1) is 0 Å². The molecule has 2 unspecified atom stereocenters. The third kappa shape index (κ3) is 7.92. The van der Waals surface area contributed by atoms with Crippen molar-refractivity contribution in [2.75, 3.05) is 0 Å². The first-order valence-electron chi connectivity index (χ1n) is 7.43. The Morgan fingerprint density at radius 1 is 1.17 bits per heavy atom. The molecule has 0 fully saturated rings. The van der Waals surface area contributed by atoms with Gasteiger partial charge in [-0.05, 0) is 29.9 Å². The number of carbonyl (C=O) groups excluding carboxylic acids is 1. The SMILES string of the molecule is CC(C)Cc1ccc(C(C)C(=O)CCC(N)S(=O)(=O)[O-])cc1.[Na+]. The Hall–Kier alpha value is -0.240. The Morgan fingerprint density at radius 3 is 2.13 bits per heavy atom. The predicted octanol–water partition coefficient (Wildman–Crippen LogP) is -0.828. The first-order chi connectivity index (χ1) is 10.1. The van der Waals surface area contributed by atoms with E-state index < -0.39 is 15.5 Å². The minimum atomic E-state index is -4.53. The van der Waals surface area contributed by atoms with Crippen LogP contribution in [-0.2, 0) is 21.3 Å². The van der Waals surface area contributed by atoms with Gasteiger partial charge in [-0.1, -0.05) is 45.0 Å². The second-order valence-electron chi connectivity index (χ2n) is 6.10. The Morgan fingerprint density at radius 2 is 1.70 bits per heavy atom. The van der Waals surface area contributed by atoms with Crippen molar-refractivity contribution in [3.05, 3.63) is 35.4 Å². The van der Waals surface area contributed by atoms with Crippen molar-refractivity contribution in [1.82, 2.24) is 0 Å². The summed E-state index contributed by atoms with van der Waals surface area (Å²) in [6.07, 6.45) is 0.830. The molecular weight excluding hydrogens is 325 g/mol. The fourth-order valence-corrected chi connectivity index (χ4v) is 2.65. The van der Waals surface area contributed by atoms with Crippen LogP contribution in [0.3, 0.4) is 0 Å². The Balaban J connectivity index is 0.00000484. The number of hydrogen-bond acceptors (Lipinski definition) is 5. The summed E-state index contributed by atoms with van der Waals surface area (Å²) < 4.78 is 32.2. The molecule has 0 amide bonds. The molecular formula is C16H24NNaO4S. The average molecular weight is 349 g/mol. The molecule has 0 saturated heterocycles. The van der Waals surface area contributed by atoms with Gasteiger partial charge in [-0.3, -0.25) is 4.79 Å². The van der Waals surface area contributed by atoms with Gasteiger partial charge in [0.1, 0.15) is 15.9 Å². The van der Waals surface area contributed by atoms with Crippen LogP contribution in [0.5, 0.6) is 0 Å². The van der Waals surface area contributed by atoms with E-state index in [0.717, 1.165) is 12.0 Å². The van der Waals surface area contributed by atoms with E-state index in [1.807, 2.05) is 24.3 Å². The van der Waals surface area contributed by atoms with Crippen LogP contribution in [0.2, 0.25) is 0 Å². The molecule has 0 aliphatic carbocycles. The van der Waals surface area contributed by atoms with Crippen LogP contribution in [0.25, 0.3) is 0 Å². The fraction of sp³-hybridized carbons (Fsp3) is 0.562. The van der Waals surface area contributed by atoms with E-state index in [2.05, 4.69) is 13.8 Å². The molecule has 7 heteroatoms. The maximum atomic E-state index is 12.1. The Kier molecular flexibility index (Phi) is 9.81. The van der Waals surface area contributed by atoms with Crippen LogP contribution in [0.1, 0.15) is 50.7 Å². The van der Waals surface area contributed by atoms with E-state index in [4.69, 9.17) is 5.73 Å². The maximum Gasteiger partial charge on any atom is 1.00 e. The number of benzene rings is 1. The summed E-state index contributed by atoms with van der Waals surface area (Å²) in [5.41, 5.74) is 7.36. The average Bonchev–Trinajstić information content (AvgIpc) is 2.42. The van der Waals surface area contributed by atoms with Gasteiger partial charge in [0, 0.05) is 12.3 Å². The van der Waals surface area contributed by atoms with E-state index >= 15 is 0 Å². The molecule has 0 saturated carbocycles. The third-order valence-electron chi connectivity index (χ3n) is 3.65. The summed E-state index contributed by atoms with van der Waals surface area (Å²) in [5.74, 6) is 0.116. The summed E-state index contributed by atoms with van der Waals surface area (Å²) in [7, 11) is -4.53. The van der Waals surface area contributed by atoms with E-state index in [9.17, 15) is 17.8 Å². The molecule has 0 radical (unpaired) electrons. The number of nitrogens with two attached hydrogens (primary N) is 1. The number of rotatable bonds is 8. The van der Waals surface area contributed by atoms with Crippen molar-refractivity contribution in [1.29, 1.82) is 0 Å². The van der Waals surface area contributed by atoms with Crippen LogP contribution in [0.15, 0.2) is 24.3 Å². The minimum absolute atomic E-state index is 0. The van der Waals surface area contributed by atoms with Crippen LogP contribution >= 0.6 is 0 Å². The molecule has 23 heavy (non-hydrogen) atoms. The van der Waals surface area contributed by atoms with E-state index in [1.165, 1.54) is 5.56 Å². The molecule has 5 nitrogen and oxygen atoms in total. The van der Waals surface area contributed by atoms with Crippen LogP contribution in [-0.4, -0.2) is 24.1 Å². The van der Waals surface area contributed by atoms with Crippen molar-refractivity contribution in [3.8, 4) is 0 Å². The number of hydrogen-bond donors (Lipinski definition) is 1. The number of carbonyl (C=O) groups is 1. The molecule has 1 aromatic rings. The topological polar surface area (TPSA) is 100 Å². The zero-order chi connectivity index (χ0) is 16.9. The van der Waals surface area contributed by atoms with Crippen LogP contribution in [0, 0.1) is 5.92 Å². The molecule has 1 rings (SSSR count). The normalized spacial score (nSPS) is 14.2. The molecule has 1 aromatic carbocycles. The number of Topliss-reactive ketones (excluding diaryl/α,β-unsaturated/α-hetero) is 1. The van der Waals surface area contributed by atoms with Gasteiger partial charge in [-0.2, -0.15) is 0 Å². The van der Waals surface area contributed by atoms with E-state index in [1.54, 1.807) is 6.92 Å². The molecule has 0 aliphatic heterocycles.